The van der Waals surface area contributed by atoms with Crippen LogP contribution in [0.15, 0.2) is 29.5 Å². The number of ether oxygens (including phenoxy) is 1. The van der Waals surface area contributed by atoms with Gasteiger partial charge in [-0.1, -0.05) is 49.2 Å². The Morgan fingerprint density at radius 3 is 2.70 bits per heavy atom. The van der Waals surface area contributed by atoms with E-state index >= 15 is 0 Å². The first-order valence-electron chi connectivity index (χ1n) is 7.20. The molecule has 124 valence electrons. The normalized spacial score (nSPS) is 17.8. The third kappa shape index (κ3) is 3.98. The number of carbonyl (C=O) groups excluding carboxylic acids is 2. The molecule has 1 aliphatic rings. The lowest BCUT2D eigenvalue weighted by Gasteiger charge is -2.29. The van der Waals surface area contributed by atoms with Crippen LogP contribution in [0.1, 0.15) is 32.4 Å². The van der Waals surface area contributed by atoms with E-state index in [1.165, 1.54) is 0 Å². The largest absolute Gasteiger partial charge is 0.462 e. The van der Waals surface area contributed by atoms with Gasteiger partial charge in [0.25, 0.3) is 0 Å². The van der Waals surface area contributed by atoms with Gasteiger partial charge in [0.2, 0.25) is 0 Å². The van der Waals surface area contributed by atoms with Gasteiger partial charge in [0.05, 0.1) is 28.3 Å². The molecule has 1 atom stereocenters. The van der Waals surface area contributed by atoms with Crippen molar-refractivity contribution in [3.05, 3.63) is 45.1 Å². The van der Waals surface area contributed by atoms with Gasteiger partial charge in [0.1, 0.15) is 0 Å². The first-order chi connectivity index (χ1) is 10.8. The molecule has 1 aromatic carbocycles. The molecule has 2 amide bonds. The van der Waals surface area contributed by atoms with Crippen molar-refractivity contribution in [3.63, 3.8) is 0 Å². The minimum atomic E-state index is -0.713. The summed E-state index contributed by atoms with van der Waals surface area (Å²) in [5.41, 5.74) is 1.29. The number of urea groups is 1. The Kier molecular flexibility index (Phi) is 5.55. The van der Waals surface area contributed by atoms with Crippen LogP contribution in [0, 0.1) is 5.92 Å². The van der Waals surface area contributed by atoms with Crippen LogP contribution in [0.4, 0.5) is 4.79 Å². The van der Waals surface area contributed by atoms with Gasteiger partial charge in [0, 0.05) is 5.70 Å². The maximum Gasteiger partial charge on any atom is 0.338 e. The second-order valence-corrected chi connectivity index (χ2v) is 6.49. The predicted octanol–water partition coefficient (Wildman–Crippen LogP) is 3.82. The fraction of sp³-hybridized carbons (Fsp3) is 0.375. The number of hydrogen-bond donors (Lipinski definition) is 2. The fourth-order valence-electron chi connectivity index (χ4n) is 2.26. The van der Waals surface area contributed by atoms with Crippen LogP contribution in [0.5, 0.6) is 0 Å². The zero-order chi connectivity index (χ0) is 17.1. The number of hydrogen-bond acceptors (Lipinski definition) is 3. The zero-order valence-electron chi connectivity index (χ0n) is 13.1. The van der Waals surface area contributed by atoms with Gasteiger partial charge in [-0.2, -0.15) is 0 Å². The maximum absolute atomic E-state index is 12.5. The van der Waals surface area contributed by atoms with E-state index in [4.69, 9.17) is 27.9 Å². The molecule has 0 aliphatic carbocycles. The van der Waals surface area contributed by atoms with Gasteiger partial charge in [0.15, 0.2) is 0 Å². The highest BCUT2D eigenvalue weighted by Crippen LogP contribution is 2.35. The molecule has 1 unspecified atom stereocenters. The third-order valence-electron chi connectivity index (χ3n) is 3.33. The standard InChI is InChI=1S/C16H18Cl2N2O3/c1-8(2)7-23-15(21)12-9(3)19-16(22)20-14(12)10-5-4-6-11(17)13(10)18/h4-6,8,14H,7H2,1-3H3,(H2,19,20,22). The summed E-state index contributed by atoms with van der Waals surface area (Å²) >= 11 is 12.3. The van der Waals surface area contributed by atoms with Crippen molar-refractivity contribution in [2.24, 2.45) is 5.92 Å². The SMILES string of the molecule is CC1=C(C(=O)OCC(C)C)C(c2cccc(Cl)c2Cl)NC(=O)N1. The van der Waals surface area contributed by atoms with Gasteiger partial charge in [-0.05, 0) is 24.5 Å². The van der Waals surface area contributed by atoms with Gasteiger partial charge in [-0.3, -0.25) is 0 Å². The summed E-state index contributed by atoms with van der Waals surface area (Å²) in [7, 11) is 0. The zero-order valence-corrected chi connectivity index (χ0v) is 14.6. The Bertz CT molecular complexity index is 671. The number of allylic oxidation sites excluding steroid dienone is 1. The number of carbonyl (C=O) groups is 2. The van der Waals surface area contributed by atoms with E-state index in [2.05, 4.69) is 10.6 Å². The molecular formula is C16H18Cl2N2O3. The molecule has 1 aromatic rings. The van der Waals surface area contributed by atoms with Gasteiger partial charge in [-0.25, -0.2) is 9.59 Å². The van der Waals surface area contributed by atoms with Crippen molar-refractivity contribution >= 4 is 35.2 Å². The lowest BCUT2D eigenvalue weighted by Crippen LogP contribution is -2.45. The number of halogens is 2. The second-order valence-electron chi connectivity index (χ2n) is 5.71. The summed E-state index contributed by atoms with van der Waals surface area (Å²) in [5.74, 6) is -0.288. The van der Waals surface area contributed by atoms with Crippen molar-refractivity contribution < 1.29 is 14.3 Å². The molecule has 1 heterocycles. The molecule has 0 fully saturated rings. The Morgan fingerprint density at radius 2 is 2.04 bits per heavy atom. The summed E-state index contributed by atoms with van der Waals surface area (Å²) in [6.07, 6.45) is 0. The van der Waals surface area contributed by atoms with Crippen LogP contribution < -0.4 is 10.6 Å². The second kappa shape index (κ2) is 7.23. The number of nitrogens with one attached hydrogen (secondary N) is 2. The van der Waals surface area contributed by atoms with Crippen LogP contribution in [-0.2, 0) is 9.53 Å². The number of rotatable bonds is 4. The summed E-state index contributed by atoms with van der Waals surface area (Å²) < 4.78 is 5.31. The van der Waals surface area contributed by atoms with E-state index in [-0.39, 0.29) is 5.92 Å². The van der Waals surface area contributed by atoms with Crippen LogP contribution in [-0.4, -0.2) is 18.6 Å². The average Bonchev–Trinajstić information content (AvgIpc) is 2.47. The summed E-state index contributed by atoms with van der Waals surface area (Å²) in [6, 6.07) is 3.94. The van der Waals surface area contributed by atoms with Gasteiger partial charge in [-0.15, -0.1) is 0 Å². The Morgan fingerprint density at radius 1 is 1.35 bits per heavy atom. The van der Waals surface area contributed by atoms with Crippen LogP contribution >= 0.6 is 23.2 Å². The third-order valence-corrected chi connectivity index (χ3v) is 4.16. The lowest BCUT2D eigenvalue weighted by molar-refractivity contribution is -0.140. The molecular weight excluding hydrogens is 339 g/mol. The highest BCUT2D eigenvalue weighted by atomic mass is 35.5. The minimum Gasteiger partial charge on any atom is -0.462 e. The molecule has 7 heteroatoms. The predicted molar refractivity (Wildman–Crippen MR) is 89.4 cm³/mol. The number of esters is 1. The quantitative estimate of drug-likeness (QED) is 0.805. The molecule has 2 rings (SSSR count). The molecule has 0 radical (unpaired) electrons. The molecule has 2 N–H and O–H groups in total. The lowest BCUT2D eigenvalue weighted by atomic mass is 9.95. The number of benzene rings is 1. The first kappa shape index (κ1) is 17.6. The average molecular weight is 357 g/mol. The molecule has 0 bridgehead atoms. The summed E-state index contributed by atoms with van der Waals surface area (Å²) in [5, 5.41) is 5.93. The van der Waals surface area contributed by atoms with E-state index in [0.29, 0.717) is 33.5 Å². The minimum absolute atomic E-state index is 0.208. The molecule has 23 heavy (non-hydrogen) atoms. The van der Waals surface area contributed by atoms with Gasteiger partial charge < -0.3 is 15.4 Å². The Labute approximate surface area is 145 Å². The van der Waals surface area contributed by atoms with Crippen molar-refractivity contribution in [1.82, 2.24) is 10.6 Å². The Balaban J connectivity index is 2.42. The molecule has 5 nitrogen and oxygen atoms in total. The summed E-state index contributed by atoms with van der Waals surface area (Å²) in [6.45, 7) is 5.83. The topological polar surface area (TPSA) is 67.4 Å². The molecule has 0 saturated heterocycles. The maximum atomic E-state index is 12.5. The molecule has 0 spiro atoms. The van der Waals surface area contributed by atoms with Crippen LogP contribution in [0.25, 0.3) is 0 Å². The number of amides is 2. The highest BCUT2D eigenvalue weighted by molar-refractivity contribution is 6.42. The van der Waals surface area contributed by atoms with Crippen LogP contribution in [0.3, 0.4) is 0 Å². The monoisotopic (exact) mass is 356 g/mol. The fourth-order valence-corrected chi connectivity index (χ4v) is 2.68. The molecule has 0 aromatic heterocycles. The van der Waals surface area contributed by atoms with E-state index in [9.17, 15) is 9.59 Å². The molecule has 1 aliphatic heterocycles. The first-order valence-corrected chi connectivity index (χ1v) is 7.96. The highest BCUT2D eigenvalue weighted by Gasteiger charge is 2.33. The summed E-state index contributed by atoms with van der Waals surface area (Å²) in [4.78, 5) is 24.3. The van der Waals surface area contributed by atoms with Crippen molar-refractivity contribution in [3.8, 4) is 0 Å². The molecule has 0 saturated carbocycles. The van der Waals surface area contributed by atoms with E-state index in [0.717, 1.165) is 0 Å². The van der Waals surface area contributed by atoms with Crippen molar-refractivity contribution in [2.45, 2.75) is 26.8 Å². The van der Waals surface area contributed by atoms with Crippen LogP contribution in [0.2, 0.25) is 10.0 Å². The van der Waals surface area contributed by atoms with E-state index in [1.807, 2.05) is 13.8 Å². The van der Waals surface area contributed by atoms with Crippen molar-refractivity contribution in [2.75, 3.05) is 6.61 Å². The Hall–Kier alpha value is -1.72. The van der Waals surface area contributed by atoms with Gasteiger partial charge >= 0.3 is 12.0 Å². The van der Waals surface area contributed by atoms with Crippen molar-refractivity contribution in [1.29, 1.82) is 0 Å². The van der Waals surface area contributed by atoms with E-state index < -0.39 is 18.0 Å². The van der Waals surface area contributed by atoms with E-state index in [1.54, 1.807) is 25.1 Å². The smallest absolute Gasteiger partial charge is 0.338 e.